The van der Waals surface area contributed by atoms with Gasteiger partial charge in [-0.2, -0.15) is 0 Å². The van der Waals surface area contributed by atoms with Gasteiger partial charge in [0.1, 0.15) is 13.2 Å². The molecule has 1 aliphatic rings. The fourth-order valence-electron chi connectivity index (χ4n) is 2.34. The fraction of sp³-hybridized carbons (Fsp3) is 0.312. The summed E-state index contributed by atoms with van der Waals surface area (Å²) in [6.45, 7) is 5.90. The Morgan fingerprint density at radius 3 is 2.81 bits per heavy atom. The summed E-state index contributed by atoms with van der Waals surface area (Å²) in [4.78, 5) is 4.46. The van der Waals surface area contributed by atoms with Gasteiger partial charge >= 0.3 is 0 Å². The van der Waals surface area contributed by atoms with Crippen molar-refractivity contribution >= 4 is 21.6 Å². The molecule has 0 spiro atoms. The number of hydrogen-bond donors (Lipinski definition) is 1. The zero-order valence-electron chi connectivity index (χ0n) is 12.1. The number of rotatable bonds is 3. The molecule has 0 saturated heterocycles. The maximum Gasteiger partial charge on any atom is 0.175 e. The Balaban J connectivity index is 1.77. The van der Waals surface area contributed by atoms with Crippen molar-refractivity contribution < 1.29 is 9.47 Å². The lowest BCUT2D eigenvalue weighted by molar-refractivity contribution is 0.170. The standard InChI is InChI=1S/C16H17BrN2O2/c1-10-3-4-14(11(2)19-10)18-9-12-7-13(17)16-15(8-12)20-5-6-21-16/h3-4,7-8,18H,5-6,9H2,1-2H3. The Morgan fingerprint density at radius 2 is 2.00 bits per heavy atom. The number of benzene rings is 1. The predicted octanol–water partition coefficient (Wildman–Crippen LogP) is 3.84. The quantitative estimate of drug-likeness (QED) is 0.914. The first-order valence-electron chi connectivity index (χ1n) is 6.89. The van der Waals surface area contributed by atoms with Gasteiger partial charge in [-0.1, -0.05) is 0 Å². The van der Waals surface area contributed by atoms with Gasteiger partial charge in [-0.05, 0) is 59.6 Å². The average molecular weight is 349 g/mol. The van der Waals surface area contributed by atoms with Crippen molar-refractivity contribution in [2.75, 3.05) is 18.5 Å². The number of nitrogens with one attached hydrogen (secondary N) is 1. The molecule has 4 nitrogen and oxygen atoms in total. The van der Waals surface area contributed by atoms with E-state index in [0.717, 1.165) is 38.6 Å². The van der Waals surface area contributed by atoms with Gasteiger partial charge in [0, 0.05) is 12.2 Å². The first-order valence-corrected chi connectivity index (χ1v) is 7.69. The lowest BCUT2D eigenvalue weighted by atomic mass is 10.2. The largest absolute Gasteiger partial charge is 0.486 e. The molecule has 0 atom stereocenters. The van der Waals surface area contributed by atoms with Crippen LogP contribution in [0.3, 0.4) is 0 Å². The van der Waals surface area contributed by atoms with Crippen LogP contribution in [0.2, 0.25) is 0 Å². The van der Waals surface area contributed by atoms with Crippen LogP contribution in [0, 0.1) is 13.8 Å². The van der Waals surface area contributed by atoms with Crippen LogP contribution in [0.25, 0.3) is 0 Å². The Morgan fingerprint density at radius 1 is 1.19 bits per heavy atom. The van der Waals surface area contributed by atoms with Crippen molar-refractivity contribution in [1.29, 1.82) is 0 Å². The van der Waals surface area contributed by atoms with Crippen LogP contribution in [0.1, 0.15) is 17.0 Å². The van der Waals surface area contributed by atoms with E-state index >= 15 is 0 Å². The summed E-state index contributed by atoms with van der Waals surface area (Å²) in [6, 6.07) is 8.14. The highest BCUT2D eigenvalue weighted by molar-refractivity contribution is 9.10. The van der Waals surface area contributed by atoms with E-state index in [1.54, 1.807) is 0 Å². The molecule has 1 N–H and O–H groups in total. The Hall–Kier alpha value is -1.75. The molecule has 2 heterocycles. The van der Waals surface area contributed by atoms with Crippen LogP contribution >= 0.6 is 15.9 Å². The van der Waals surface area contributed by atoms with Crippen LogP contribution < -0.4 is 14.8 Å². The van der Waals surface area contributed by atoms with Gasteiger partial charge in [0.05, 0.1) is 15.9 Å². The minimum absolute atomic E-state index is 0.595. The molecule has 0 unspecified atom stereocenters. The van der Waals surface area contributed by atoms with E-state index in [9.17, 15) is 0 Å². The summed E-state index contributed by atoms with van der Waals surface area (Å²) < 4.78 is 12.2. The number of aromatic nitrogens is 1. The number of pyridine rings is 1. The maximum absolute atomic E-state index is 5.64. The van der Waals surface area contributed by atoms with Gasteiger partial charge in [-0.25, -0.2) is 0 Å². The van der Waals surface area contributed by atoms with Gasteiger partial charge < -0.3 is 14.8 Å². The third kappa shape index (κ3) is 3.13. The average Bonchev–Trinajstić information content (AvgIpc) is 2.46. The van der Waals surface area contributed by atoms with E-state index in [0.29, 0.717) is 19.8 Å². The number of hydrogen-bond acceptors (Lipinski definition) is 4. The molecule has 2 aromatic rings. The van der Waals surface area contributed by atoms with Gasteiger partial charge in [-0.3, -0.25) is 4.98 Å². The smallest absolute Gasteiger partial charge is 0.175 e. The second-order valence-corrected chi connectivity index (χ2v) is 5.90. The molecule has 21 heavy (non-hydrogen) atoms. The second-order valence-electron chi connectivity index (χ2n) is 5.04. The van der Waals surface area contributed by atoms with E-state index < -0.39 is 0 Å². The summed E-state index contributed by atoms with van der Waals surface area (Å²) in [5, 5.41) is 3.41. The molecule has 0 aliphatic carbocycles. The van der Waals surface area contributed by atoms with Gasteiger partial charge in [0.2, 0.25) is 0 Å². The number of aryl methyl sites for hydroxylation is 2. The summed E-state index contributed by atoms with van der Waals surface area (Å²) in [5.41, 5.74) is 4.21. The number of fused-ring (bicyclic) bond motifs is 1. The van der Waals surface area contributed by atoms with E-state index in [1.807, 2.05) is 26.0 Å². The number of halogens is 1. The van der Waals surface area contributed by atoms with Crippen molar-refractivity contribution in [3.05, 3.63) is 45.7 Å². The lowest BCUT2D eigenvalue weighted by Gasteiger charge is -2.20. The molecule has 0 radical (unpaired) electrons. The van der Waals surface area contributed by atoms with Crippen LogP contribution in [0.4, 0.5) is 5.69 Å². The van der Waals surface area contributed by atoms with Crippen LogP contribution in [0.15, 0.2) is 28.7 Å². The molecule has 1 aromatic carbocycles. The molecule has 0 saturated carbocycles. The number of anilines is 1. The van der Waals surface area contributed by atoms with E-state index in [-0.39, 0.29) is 0 Å². The molecule has 5 heteroatoms. The molecule has 0 fully saturated rings. The third-order valence-corrected chi connectivity index (χ3v) is 3.95. The highest BCUT2D eigenvalue weighted by Crippen LogP contribution is 2.38. The summed E-state index contributed by atoms with van der Waals surface area (Å²) in [6.07, 6.45) is 0. The van der Waals surface area contributed by atoms with Crippen molar-refractivity contribution in [3.8, 4) is 11.5 Å². The monoisotopic (exact) mass is 348 g/mol. The molecule has 110 valence electrons. The predicted molar refractivity (Wildman–Crippen MR) is 86.2 cm³/mol. The topological polar surface area (TPSA) is 43.4 Å². The van der Waals surface area contributed by atoms with E-state index in [1.165, 1.54) is 0 Å². The summed E-state index contributed by atoms with van der Waals surface area (Å²) in [7, 11) is 0. The zero-order valence-corrected chi connectivity index (χ0v) is 13.7. The maximum atomic E-state index is 5.64. The Bertz CT molecular complexity index is 674. The van der Waals surface area contributed by atoms with Crippen molar-refractivity contribution in [2.45, 2.75) is 20.4 Å². The Labute approximate surface area is 132 Å². The van der Waals surface area contributed by atoms with Gasteiger partial charge in [0.25, 0.3) is 0 Å². The highest BCUT2D eigenvalue weighted by Gasteiger charge is 2.16. The molecule has 3 rings (SSSR count). The van der Waals surface area contributed by atoms with Crippen molar-refractivity contribution in [3.63, 3.8) is 0 Å². The minimum Gasteiger partial charge on any atom is -0.486 e. The molecular formula is C16H17BrN2O2. The summed E-state index contributed by atoms with van der Waals surface area (Å²) in [5.74, 6) is 1.59. The first kappa shape index (κ1) is 14.2. The van der Waals surface area contributed by atoms with E-state index in [4.69, 9.17) is 9.47 Å². The first-order chi connectivity index (χ1) is 10.1. The zero-order chi connectivity index (χ0) is 14.8. The van der Waals surface area contributed by atoms with Crippen LogP contribution in [0.5, 0.6) is 11.5 Å². The lowest BCUT2D eigenvalue weighted by Crippen LogP contribution is -2.16. The molecule has 0 amide bonds. The van der Waals surface area contributed by atoms with E-state index in [2.05, 4.69) is 38.4 Å². The fourth-order valence-corrected chi connectivity index (χ4v) is 2.94. The minimum atomic E-state index is 0.595. The highest BCUT2D eigenvalue weighted by atomic mass is 79.9. The van der Waals surface area contributed by atoms with Crippen molar-refractivity contribution in [1.82, 2.24) is 4.98 Å². The Kier molecular flexibility index (Phi) is 4.01. The van der Waals surface area contributed by atoms with Crippen LogP contribution in [-0.2, 0) is 6.54 Å². The molecule has 0 bridgehead atoms. The van der Waals surface area contributed by atoms with Crippen molar-refractivity contribution in [2.24, 2.45) is 0 Å². The number of ether oxygens (including phenoxy) is 2. The van der Waals surface area contributed by atoms with Crippen LogP contribution in [-0.4, -0.2) is 18.2 Å². The normalized spacial score (nSPS) is 13.1. The SMILES string of the molecule is Cc1ccc(NCc2cc(Br)c3c(c2)OCCO3)c(C)n1. The third-order valence-electron chi connectivity index (χ3n) is 3.36. The number of nitrogens with zero attached hydrogens (tertiary/aromatic N) is 1. The molecule has 1 aromatic heterocycles. The second kappa shape index (κ2) is 5.93. The van der Waals surface area contributed by atoms with Gasteiger partial charge in [0.15, 0.2) is 11.5 Å². The molecule has 1 aliphatic heterocycles. The van der Waals surface area contributed by atoms with Gasteiger partial charge in [-0.15, -0.1) is 0 Å². The molecular weight excluding hydrogens is 332 g/mol. The summed E-state index contributed by atoms with van der Waals surface area (Å²) >= 11 is 3.54.